The van der Waals surface area contributed by atoms with Crippen LogP contribution in [0.4, 0.5) is 10.6 Å². The molecule has 1 saturated carbocycles. The SMILES string of the molecule is Cl.NC(=O)Nc1[nH]c2cc(-c3ccc(C4(N)CC4)cc3)ccc2c1C(N)=O. The Morgan fingerprint density at radius 2 is 1.63 bits per heavy atom. The van der Waals surface area contributed by atoms with Crippen LogP contribution in [0.5, 0.6) is 0 Å². The fourth-order valence-electron chi connectivity index (χ4n) is 3.27. The van der Waals surface area contributed by atoms with E-state index in [0.29, 0.717) is 10.9 Å². The monoisotopic (exact) mass is 385 g/mol. The number of urea groups is 1. The Morgan fingerprint density at radius 3 is 2.19 bits per heavy atom. The molecule has 1 heterocycles. The van der Waals surface area contributed by atoms with Gasteiger partial charge in [0.25, 0.3) is 5.91 Å². The fourth-order valence-corrected chi connectivity index (χ4v) is 3.27. The number of benzene rings is 2. The first-order valence-corrected chi connectivity index (χ1v) is 8.29. The van der Waals surface area contributed by atoms with Crippen LogP contribution in [0.15, 0.2) is 42.5 Å². The van der Waals surface area contributed by atoms with E-state index >= 15 is 0 Å². The summed E-state index contributed by atoms with van der Waals surface area (Å²) in [7, 11) is 0. The number of fused-ring (bicyclic) bond motifs is 1. The van der Waals surface area contributed by atoms with Crippen LogP contribution in [-0.4, -0.2) is 16.9 Å². The summed E-state index contributed by atoms with van der Waals surface area (Å²) in [6.45, 7) is 0. The Hall–Kier alpha value is -3.03. The molecular formula is C19H20ClN5O2. The third kappa shape index (κ3) is 3.34. The summed E-state index contributed by atoms with van der Waals surface area (Å²) < 4.78 is 0. The van der Waals surface area contributed by atoms with Gasteiger partial charge in [0.2, 0.25) is 0 Å². The highest BCUT2D eigenvalue weighted by Gasteiger charge is 2.39. The molecule has 3 aromatic rings. The van der Waals surface area contributed by atoms with Gasteiger partial charge in [-0.15, -0.1) is 12.4 Å². The van der Waals surface area contributed by atoms with Gasteiger partial charge in [-0.3, -0.25) is 10.1 Å². The standard InChI is InChI=1S/C19H19N5O2.ClH/c20-16(25)15-13-6-3-11(9-14(13)23-17(15)24-18(21)26)10-1-4-12(5-2-10)19(22)7-8-19;/h1-6,9,23H,7-8,22H2,(H2,20,25)(H3,21,24,26);1H. The minimum Gasteiger partial charge on any atom is -0.365 e. The summed E-state index contributed by atoms with van der Waals surface area (Å²) in [5.74, 6) is -0.443. The molecule has 0 bridgehead atoms. The predicted molar refractivity (Wildman–Crippen MR) is 108 cm³/mol. The van der Waals surface area contributed by atoms with Crippen molar-refractivity contribution >= 4 is 41.1 Å². The number of H-pyrrole nitrogens is 1. The highest BCUT2D eigenvalue weighted by atomic mass is 35.5. The minimum absolute atomic E-state index is 0. The first kappa shape index (κ1) is 18.8. The zero-order chi connectivity index (χ0) is 18.5. The van der Waals surface area contributed by atoms with Crippen LogP contribution in [0.25, 0.3) is 22.0 Å². The summed E-state index contributed by atoms with van der Waals surface area (Å²) in [6, 6.07) is 13.0. The highest BCUT2D eigenvalue weighted by molar-refractivity contribution is 6.13. The van der Waals surface area contributed by atoms with Gasteiger partial charge < -0.3 is 22.2 Å². The Bertz CT molecular complexity index is 1040. The van der Waals surface area contributed by atoms with E-state index in [1.807, 2.05) is 24.3 Å². The number of nitrogens with two attached hydrogens (primary N) is 3. The van der Waals surface area contributed by atoms with Gasteiger partial charge in [-0.05, 0) is 35.6 Å². The maximum absolute atomic E-state index is 11.8. The lowest BCUT2D eigenvalue weighted by atomic mass is 9.99. The summed E-state index contributed by atoms with van der Waals surface area (Å²) in [6.07, 6.45) is 2.04. The van der Waals surface area contributed by atoms with Gasteiger partial charge in [0, 0.05) is 16.4 Å². The van der Waals surface area contributed by atoms with E-state index in [1.54, 1.807) is 6.07 Å². The minimum atomic E-state index is -0.773. The van der Waals surface area contributed by atoms with Gasteiger partial charge in [0.15, 0.2) is 0 Å². The highest BCUT2D eigenvalue weighted by Crippen LogP contribution is 2.43. The van der Waals surface area contributed by atoms with Gasteiger partial charge in [-0.25, -0.2) is 4.79 Å². The van der Waals surface area contributed by atoms with Crippen molar-refractivity contribution < 1.29 is 9.59 Å². The van der Waals surface area contributed by atoms with E-state index < -0.39 is 11.9 Å². The number of amides is 3. The summed E-state index contributed by atoms with van der Waals surface area (Å²) in [5.41, 5.74) is 20.7. The van der Waals surface area contributed by atoms with Gasteiger partial charge in [-0.1, -0.05) is 36.4 Å². The zero-order valence-corrected chi connectivity index (χ0v) is 15.2. The average Bonchev–Trinajstić information content (AvgIpc) is 3.24. The first-order valence-electron chi connectivity index (χ1n) is 8.29. The van der Waals surface area contributed by atoms with E-state index in [9.17, 15) is 9.59 Å². The van der Waals surface area contributed by atoms with Gasteiger partial charge >= 0.3 is 6.03 Å². The van der Waals surface area contributed by atoms with Gasteiger partial charge in [0.05, 0.1) is 5.56 Å². The molecule has 0 aliphatic heterocycles. The van der Waals surface area contributed by atoms with Crippen LogP contribution < -0.4 is 22.5 Å². The van der Waals surface area contributed by atoms with Gasteiger partial charge in [-0.2, -0.15) is 0 Å². The molecule has 8 N–H and O–H groups in total. The molecule has 1 aromatic heterocycles. The van der Waals surface area contributed by atoms with E-state index in [4.69, 9.17) is 17.2 Å². The normalized spacial score (nSPS) is 14.4. The lowest BCUT2D eigenvalue weighted by Crippen LogP contribution is -2.22. The maximum Gasteiger partial charge on any atom is 0.317 e. The van der Waals surface area contributed by atoms with E-state index in [1.165, 1.54) is 0 Å². The molecule has 0 unspecified atom stereocenters. The van der Waals surface area contributed by atoms with Crippen molar-refractivity contribution in [1.82, 2.24) is 4.98 Å². The number of hydrogen-bond donors (Lipinski definition) is 5. The second-order valence-corrected chi connectivity index (χ2v) is 6.72. The van der Waals surface area contributed by atoms with Gasteiger partial charge in [0.1, 0.15) is 5.82 Å². The Kier molecular flexibility index (Phi) is 4.59. The molecule has 7 nitrogen and oxygen atoms in total. The number of hydrogen-bond acceptors (Lipinski definition) is 3. The number of halogens is 1. The topological polar surface area (TPSA) is 140 Å². The number of nitrogens with one attached hydrogen (secondary N) is 2. The molecule has 1 fully saturated rings. The second-order valence-electron chi connectivity index (χ2n) is 6.72. The van der Waals surface area contributed by atoms with E-state index in [-0.39, 0.29) is 29.3 Å². The lowest BCUT2D eigenvalue weighted by Gasteiger charge is -2.10. The molecule has 0 saturated heterocycles. The van der Waals surface area contributed by atoms with Crippen LogP contribution in [0, 0.1) is 0 Å². The summed E-state index contributed by atoms with van der Waals surface area (Å²) in [5, 5.41) is 3.03. The third-order valence-electron chi connectivity index (χ3n) is 4.87. The molecule has 4 rings (SSSR count). The lowest BCUT2D eigenvalue weighted by molar-refractivity contribution is 0.100. The van der Waals surface area contributed by atoms with Crippen molar-refractivity contribution in [2.75, 3.05) is 5.32 Å². The zero-order valence-electron chi connectivity index (χ0n) is 14.4. The van der Waals surface area contributed by atoms with Crippen molar-refractivity contribution in [2.24, 2.45) is 17.2 Å². The molecule has 1 aliphatic carbocycles. The van der Waals surface area contributed by atoms with Crippen molar-refractivity contribution in [3.8, 4) is 11.1 Å². The van der Waals surface area contributed by atoms with Crippen molar-refractivity contribution in [1.29, 1.82) is 0 Å². The molecule has 1 aliphatic rings. The van der Waals surface area contributed by atoms with Crippen LogP contribution in [0.1, 0.15) is 28.8 Å². The third-order valence-corrected chi connectivity index (χ3v) is 4.87. The van der Waals surface area contributed by atoms with Crippen molar-refractivity contribution in [3.63, 3.8) is 0 Å². The first-order chi connectivity index (χ1) is 12.4. The number of carbonyl (C=O) groups excluding carboxylic acids is 2. The molecule has 2 aromatic carbocycles. The smallest absolute Gasteiger partial charge is 0.317 e. The Labute approximate surface area is 161 Å². The van der Waals surface area contributed by atoms with Crippen LogP contribution in [-0.2, 0) is 5.54 Å². The maximum atomic E-state index is 11.8. The largest absolute Gasteiger partial charge is 0.365 e. The number of rotatable bonds is 4. The number of primary amides is 2. The molecular weight excluding hydrogens is 366 g/mol. The summed E-state index contributed by atoms with van der Waals surface area (Å²) >= 11 is 0. The number of aromatic nitrogens is 1. The molecule has 27 heavy (non-hydrogen) atoms. The predicted octanol–water partition coefficient (Wildman–Crippen LogP) is 2.79. The molecule has 8 heteroatoms. The number of aromatic amines is 1. The molecule has 3 amide bonds. The van der Waals surface area contributed by atoms with E-state index in [0.717, 1.165) is 29.5 Å². The van der Waals surface area contributed by atoms with Crippen LogP contribution in [0.2, 0.25) is 0 Å². The molecule has 0 radical (unpaired) electrons. The van der Waals surface area contributed by atoms with Crippen LogP contribution >= 0.6 is 12.4 Å². The quantitative estimate of drug-likeness (QED) is 0.471. The Morgan fingerprint density at radius 1 is 1.00 bits per heavy atom. The molecule has 0 atom stereocenters. The number of anilines is 1. The Balaban J connectivity index is 0.00000210. The summed E-state index contributed by atoms with van der Waals surface area (Å²) in [4.78, 5) is 25.9. The second kappa shape index (κ2) is 6.61. The molecule has 140 valence electrons. The van der Waals surface area contributed by atoms with Crippen LogP contribution in [0.3, 0.4) is 0 Å². The average molecular weight is 386 g/mol. The van der Waals surface area contributed by atoms with E-state index in [2.05, 4.69) is 22.4 Å². The number of carbonyl (C=O) groups is 2. The van der Waals surface area contributed by atoms with Crippen molar-refractivity contribution in [2.45, 2.75) is 18.4 Å². The van der Waals surface area contributed by atoms with Crippen molar-refractivity contribution in [3.05, 3.63) is 53.6 Å². The fraction of sp³-hybridized carbons (Fsp3) is 0.158. The molecule has 0 spiro atoms.